The second kappa shape index (κ2) is 4.49. The Kier molecular flexibility index (Phi) is 3.26. The van der Waals surface area contributed by atoms with Crippen LogP contribution in [0.5, 0.6) is 5.88 Å². The van der Waals surface area contributed by atoms with Crippen molar-refractivity contribution in [3.63, 3.8) is 0 Å². The average Bonchev–Trinajstić information content (AvgIpc) is 2.30. The average molecular weight is 331 g/mol. The fourth-order valence-corrected chi connectivity index (χ4v) is 2.53. The van der Waals surface area contributed by atoms with Crippen molar-refractivity contribution in [1.29, 1.82) is 0 Å². The molecule has 0 amide bonds. The van der Waals surface area contributed by atoms with Crippen molar-refractivity contribution in [2.45, 2.75) is 5.33 Å². The molecule has 2 rings (SSSR count). The number of aromatic nitrogens is 1. The van der Waals surface area contributed by atoms with Crippen molar-refractivity contribution in [1.82, 2.24) is 4.98 Å². The molecule has 1 aromatic heterocycles. The summed E-state index contributed by atoms with van der Waals surface area (Å²) in [6.07, 6.45) is 0. The number of rotatable bonds is 2. The van der Waals surface area contributed by atoms with Crippen LogP contribution in [-0.2, 0) is 5.33 Å². The molecule has 0 saturated carbocycles. The van der Waals surface area contributed by atoms with Crippen LogP contribution in [0.15, 0.2) is 28.7 Å². The molecular formula is C11H9Br2NO. The van der Waals surface area contributed by atoms with Crippen molar-refractivity contribution in [2.75, 3.05) is 7.11 Å². The van der Waals surface area contributed by atoms with E-state index >= 15 is 0 Å². The van der Waals surface area contributed by atoms with Crippen molar-refractivity contribution in [3.8, 4) is 5.88 Å². The fourth-order valence-electron chi connectivity index (χ4n) is 1.51. The van der Waals surface area contributed by atoms with Gasteiger partial charge in [-0.05, 0) is 15.9 Å². The lowest BCUT2D eigenvalue weighted by atomic mass is 10.1. The van der Waals surface area contributed by atoms with Crippen LogP contribution in [0.25, 0.3) is 10.8 Å². The number of alkyl halides is 1. The van der Waals surface area contributed by atoms with E-state index < -0.39 is 0 Å². The number of methoxy groups -OCH3 is 1. The maximum absolute atomic E-state index is 5.22. The van der Waals surface area contributed by atoms with Crippen LogP contribution >= 0.6 is 31.9 Å². The van der Waals surface area contributed by atoms with Crippen molar-refractivity contribution >= 4 is 42.6 Å². The molecule has 78 valence electrons. The lowest BCUT2D eigenvalue weighted by Gasteiger charge is -2.09. The van der Waals surface area contributed by atoms with Gasteiger partial charge in [-0.1, -0.05) is 40.2 Å². The van der Waals surface area contributed by atoms with E-state index in [0.717, 1.165) is 26.3 Å². The zero-order valence-corrected chi connectivity index (χ0v) is 11.3. The maximum atomic E-state index is 5.22. The molecule has 0 saturated heterocycles. The number of halogens is 2. The summed E-state index contributed by atoms with van der Waals surface area (Å²) < 4.78 is 6.12. The third-order valence-electron chi connectivity index (χ3n) is 2.22. The Hall–Kier alpha value is -0.610. The minimum absolute atomic E-state index is 0.628. The summed E-state index contributed by atoms with van der Waals surface area (Å²) in [5, 5.41) is 2.98. The van der Waals surface area contributed by atoms with Crippen LogP contribution in [-0.4, -0.2) is 12.1 Å². The highest BCUT2D eigenvalue weighted by Crippen LogP contribution is 2.33. The van der Waals surface area contributed by atoms with Gasteiger partial charge < -0.3 is 4.74 Å². The van der Waals surface area contributed by atoms with Gasteiger partial charge in [-0.25, -0.2) is 4.98 Å². The van der Waals surface area contributed by atoms with Crippen LogP contribution in [0.2, 0.25) is 0 Å². The van der Waals surface area contributed by atoms with E-state index in [2.05, 4.69) is 49.0 Å². The van der Waals surface area contributed by atoms with E-state index in [-0.39, 0.29) is 0 Å². The van der Waals surface area contributed by atoms with Crippen molar-refractivity contribution in [3.05, 3.63) is 34.4 Å². The molecule has 1 heterocycles. The molecule has 1 aromatic carbocycles. The standard InChI is InChI=1S/C11H9Br2NO/c1-15-11-10(13)8-5-3-2-4-7(8)9(6-12)14-11/h2-5H,6H2,1H3. The highest BCUT2D eigenvalue weighted by atomic mass is 79.9. The first kappa shape index (κ1) is 10.9. The van der Waals surface area contributed by atoms with Crippen LogP contribution in [0.1, 0.15) is 5.69 Å². The van der Waals surface area contributed by atoms with Crippen molar-refractivity contribution in [2.24, 2.45) is 0 Å². The normalized spacial score (nSPS) is 10.6. The van der Waals surface area contributed by atoms with Crippen LogP contribution in [0, 0.1) is 0 Å². The number of hydrogen-bond acceptors (Lipinski definition) is 2. The summed E-state index contributed by atoms with van der Waals surface area (Å²) in [6, 6.07) is 8.12. The molecule has 0 aliphatic heterocycles. The van der Waals surface area contributed by atoms with Gasteiger partial charge in [0.2, 0.25) is 5.88 Å². The number of fused-ring (bicyclic) bond motifs is 1. The van der Waals surface area contributed by atoms with Gasteiger partial charge in [0.15, 0.2) is 0 Å². The number of ether oxygens (including phenoxy) is 1. The van der Waals surface area contributed by atoms with Crippen molar-refractivity contribution < 1.29 is 4.74 Å². The van der Waals surface area contributed by atoms with Gasteiger partial charge in [-0.2, -0.15) is 0 Å². The smallest absolute Gasteiger partial charge is 0.228 e. The molecule has 15 heavy (non-hydrogen) atoms. The van der Waals surface area contributed by atoms with E-state index in [0.29, 0.717) is 5.88 Å². The number of pyridine rings is 1. The van der Waals surface area contributed by atoms with Gasteiger partial charge in [0.1, 0.15) is 0 Å². The Bertz CT molecular complexity index is 499. The molecule has 0 bridgehead atoms. The summed E-state index contributed by atoms with van der Waals surface area (Å²) in [5.74, 6) is 0.628. The molecule has 4 heteroatoms. The van der Waals surface area contributed by atoms with E-state index in [1.54, 1.807) is 7.11 Å². The summed E-state index contributed by atoms with van der Waals surface area (Å²) in [5.41, 5.74) is 0.991. The van der Waals surface area contributed by atoms with Crippen LogP contribution < -0.4 is 4.74 Å². The zero-order valence-electron chi connectivity index (χ0n) is 8.13. The molecule has 0 N–H and O–H groups in total. The SMILES string of the molecule is COc1nc(CBr)c2ccccc2c1Br. The predicted molar refractivity (Wildman–Crippen MR) is 68.6 cm³/mol. The summed E-state index contributed by atoms with van der Waals surface area (Å²) in [7, 11) is 1.62. The molecule has 0 aliphatic carbocycles. The van der Waals surface area contributed by atoms with Gasteiger partial charge in [0, 0.05) is 16.1 Å². The molecular weight excluding hydrogens is 322 g/mol. The number of benzene rings is 1. The number of hydrogen-bond donors (Lipinski definition) is 0. The topological polar surface area (TPSA) is 22.1 Å². The third-order valence-corrected chi connectivity index (χ3v) is 3.52. The fraction of sp³-hybridized carbons (Fsp3) is 0.182. The lowest BCUT2D eigenvalue weighted by Crippen LogP contribution is -1.95. The van der Waals surface area contributed by atoms with Gasteiger partial charge >= 0.3 is 0 Å². The molecule has 2 aromatic rings. The van der Waals surface area contributed by atoms with E-state index in [1.165, 1.54) is 0 Å². The van der Waals surface area contributed by atoms with Gasteiger partial charge in [0.05, 0.1) is 17.3 Å². The summed E-state index contributed by atoms with van der Waals surface area (Å²) >= 11 is 6.94. The second-order valence-corrected chi connectivity index (χ2v) is 4.41. The van der Waals surface area contributed by atoms with Gasteiger partial charge in [-0.15, -0.1) is 0 Å². The van der Waals surface area contributed by atoms with E-state index in [4.69, 9.17) is 4.74 Å². The Morgan fingerprint density at radius 1 is 1.27 bits per heavy atom. The Balaban J connectivity index is 2.84. The molecule has 2 nitrogen and oxygen atoms in total. The monoisotopic (exact) mass is 329 g/mol. The van der Waals surface area contributed by atoms with Crippen LogP contribution in [0.3, 0.4) is 0 Å². The minimum atomic E-state index is 0.628. The number of nitrogens with zero attached hydrogens (tertiary/aromatic N) is 1. The molecule has 0 fully saturated rings. The third kappa shape index (κ3) is 1.88. The van der Waals surface area contributed by atoms with Gasteiger partial charge in [0.25, 0.3) is 0 Å². The second-order valence-electron chi connectivity index (χ2n) is 3.06. The van der Waals surface area contributed by atoms with E-state index in [1.807, 2.05) is 12.1 Å². The largest absolute Gasteiger partial charge is 0.480 e. The van der Waals surface area contributed by atoms with Gasteiger partial charge in [-0.3, -0.25) is 0 Å². The Morgan fingerprint density at radius 3 is 2.53 bits per heavy atom. The maximum Gasteiger partial charge on any atom is 0.228 e. The summed E-state index contributed by atoms with van der Waals surface area (Å²) in [6.45, 7) is 0. The Morgan fingerprint density at radius 2 is 1.93 bits per heavy atom. The molecule has 0 radical (unpaired) electrons. The minimum Gasteiger partial charge on any atom is -0.480 e. The highest BCUT2D eigenvalue weighted by Gasteiger charge is 2.10. The summed E-state index contributed by atoms with van der Waals surface area (Å²) in [4.78, 5) is 4.42. The predicted octanol–water partition coefficient (Wildman–Crippen LogP) is 3.90. The van der Waals surface area contributed by atoms with Crippen LogP contribution in [0.4, 0.5) is 0 Å². The highest BCUT2D eigenvalue weighted by molar-refractivity contribution is 9.10. The molecule has 0 spiro atoms. The Labute approximate surface area is 105 Å². The zero-order chi connectivity index (χ0) is 10.8. The first-order valence-electron chi connectivity index (χ1n) is 4.45. The quantitative estimate of drug-likeness (QED) is 0.779. The first-order valence-corrected chi connectivity index (χ1v) is 6.36. The lowest BCUT2D eigenvalue weighted by molar-refractivity contribution is 0.395. The van der Waals surface area contributed by atoms with E-state index in [9.17, 15) is 0 Å². The molecule has 0 atom stereocenters. The molecule has 0 unspecified atom stereocenters. The first-order chi connectivity index (χ1) is 7.27. The molecule has 0 aliphatic rings.